The maximum absolute atomic E-state index is 11.0. The first-order chi connectivity index (χ1) is 8.06. The molecular formula is C10H14N4O3. The molecular weight excluding hydrogens is 224 g/mol. The molecule has 0 radical (unpaired) electrons. The number of aromatic amines is 1. The zero-order valence-corrected chi connectivity index (χ0v) is 9.69. The Morgan fingerprint density at radius 3 is 2.82 bits per heavy atom. The topological polar surface area (TPSA) is 87.3 Å². The van der Waals surface area contributed by atoms with Crippen LogP contribution < -0.4 is 10.1 Å². The Morgan fingerprint density at radius 2 is 2.24 bits per heavy atom. The molecule has 1 fully saturated rings. The Labute approximate surface area is 98.1 Å². The molecule has 17 heavy (non-hydrogen) atoms. The van der Waals surface area contributed by atoms with Crippen molar-refractivity contribution in [3.63, 3.8) is 0 Å². The standard InChI is InChI=1S/C10H14N4O3/c1-6(15)12-9-3-11-13-10(9)17-8-4-14(5-8)7(2)16/h3,8H,4-5H2,1-2H3,(H,11,13)(H,12,15). The van der Waals surface area contributed by atoms with E-state index < -0.39 is 0 Å². The molecule has 0 atom stereocenters. The molecule has 0 spiro atoms. The minimum absolute atomic E-state index is 0.0361. The van der Waals surface area contributed by atoms with Crippen molar-refractivity contribution in [3.05, 3.63) is 6.20 Å². The van der Waals surface area contributed by atoms with Gasteiger partial charge in [-0.1, -0.05) is 0 Å². The Balaban J connectivity index is 1.90. The van der Waals surface area contributed by atoms with Crippen LogP contribution in [0.5, 0.6) is 5.88 Å². The van der Waals surface area contributed by atoms with Crippen LogP contribution in [0.3, 0.4) is 0 Å². The SMILES string of the molecule is CC(=O)Nc1c[nH]nc1OC1CN(C(C)=O)C1. The molecule has 1 aliphatic rings. The Hall–Kier alpha value is -2.05. The first kappa shape index (κ1) is 11.4. The minimum atomic E-state index is -0.185. The third kappa shape index (κ3) is 2.55. The third-order valence-corrected chi connectivity index (χ3v) is 2.49. The van der Waals surface area contributed by atoms with Crippen molar-refractivity contribution in [1.82, 2.24) is 15.1 Å². The zero-order valence-electron chi connectivity index (χ0n) is 9.69. The maximum Gasteiger partial charge on any atom is 0.257 e. The molecule has 0 unspecified atom stereocenters. The summed E-state index contributed by atoms with van der Waals surface area (Å²) >= 11 is 0. The van der Waals surface area contributed by atoms with Crippen LogP contribution in [0.25, 0.3) is 0 Å². The van der Waals surface area contributed by atoms with Crippen LogP contribution >= 0.6 is 0 Å². The maximum atomic E-state index is 11.0. The number of carbonyl (C=O) groups is 2. The fourth-order valence-electron chi connectivity index (χ4n) is 1.57. The van der Waals surface area contributed by atoms with Gasteiger partial charge in [-0.15, -0.1) is 5.10 Å². The number of rotatable bonds is 3. The van der Waals surface area contributed by atoms with E-state index >= 15 is 0 Å². The predicted molar refractivity (Wildman–Crippen MR) is 59.6 cm³/mol. The van der Waals surface area contributed by atoms with Crippen molar-refractivity contribution in [2.45, 2.75) is 20.0 Å². The van der Waals surface area contributed by atoms with Gasteiger partial charge in [-0.3, -0.25) is 14.7 Å². The largest absolute Gasteiger partial charge is 0.468 e. The van der Waals surface area contributed by atoms with Gasteiger partial charge in [0.05, 0.1) is 13.1 Å². The van der Waals surface area contributed by atoms with Crippen LogP contribution in [0, 0.1) is 0 Å². The number of hydrogen-bond acceptors (Lipinski definition) is 4. The molecule has 2 heterocycles. The summed E-state index contributed by atoms with van der Waals surface area (Å²) in [6.07, 6.45) is 1.49. The predicted octanol–water partition coefficient (Wildman–Crippen LogP) is -0.0224. The van der Waals surface area contributed by atoms with Crippen molar-refractivity contribution < 1.29 is 14.3 Å². The molecule has 92 valence electrons. The van der Waals surface area contributed by atoms with E-state index in [0.29, 0.717) is 24.7 Å². The second kappa shape index (κ2) is 4.44. The summed E-state index contributed by atoms with van der Waals surface area (Å²) in [5.74, 6) is 0.206. The monoisotopic (exact) mass is 238 g/mol. The summed E-state index contributed by atoms with van der Waals surface area (Å²) in [6.45, 7) is 4.05. The van der Waals surface area contributed by atoms with Gasteiger partial charge in [-0.05, 0) is 0 Å². The van der Waals surface area contributed by atoms with Gasteiger partial charge in [0.15, 0.2) is 0 Å². The lowest BCUT2D eigenvalue weighted by Crippen LogP contribution is -2.55. The van der Waals surface area contributed by atoms with Crippen LogP contribution in [-0.2, 0) is 9.59 Å². The Morgan fingerprint density at radius 1 is 1.53 bits per heavy atom. The number of anilines is 1. The Kier molecular flexibility index (Phi) is 2.99. The number of nitrogens with zero attached hydrogens (tertiary/aromatic N) is 2. The minimum Gasteiger partial charge on any atom is -0.468 e. The summed E-state index contributed by atoms with van der Waals surface area (Å²) in [6, 6.07) is 0. The van der Waals surface area contributed by atoms with E-state index in [-0.39, 0.29) is 17.9 Å². The molecule has 0 bridgehead atoms. The summed E-state index contributed by atoms with van der Waals surface area (Å²) in [7, 11) is 0. The van der Waals surface area contributed by atoms with Crippen molar-refractivity contribution >= 4 is 17.5 Å². The first-order valence-electron chi connectivity index (χ1n) is 5.30. The lowest BCUT2D eigenvalue weighted by Gasteiger charge is -2.37. The van der Waals surface area contributed by atoms with Gasteiger partial charge < -0.3 is 15.0 Å². The number of nitrogens with one attached hydrogen (secondary N) is 2. The fraction of sp³-hybridized carbons (Fsp3) is 0.500. The van der Waals surface area contributed by atoms with Crippen molar-refractivity contribution in [3.8, 4) is 5.88 Å². The average Bonchev–Trinajstić information content (AvgIpc) is 2.56. The molecule has 2 amide bonds. The van der Waals surface area contributed by atoms with Crippen LogP contribution in [0.15, 0.2) is 6.20 Å². The van der Waals surface area contributed by atoms with Crippen LogP contribution in [0.2, 0.25) is 0 Å². The molecule has 1 saturated heterocycles. The van der Waals surface area contributed by atoms with E-state index in [1.54, 1.807) is 11.1 Å². The average molecular weight is 238 g/mol. The van der Waals surface area contributed by atoms with E-state index in [4.69, 9.17) is 4.74 Å². The summed E-state index contributed by atoms with van der Waals surface area (Å²) in [5, 5.41) is 9.12. The highest BCUT2D eigenvalue weighted by molar-refractivity contribution is 5.89. The number of H-pyrrole nitrogens is 1. The number of aromatic nitrogens is 2. The highest BCUT2D eigenvalue weighted by atomic mass is 16.5. The normalized spacial score (nSPS) is 15.3. The molecule has 2 rings (SSSR count). The summed E-state index contributed by atoms with van der Waals surface area (Å²) in [5.41, 5.74) is 0.513. The summed E-state index contributed by atoms with van der Waals surface area (Å²) < 4.78 is 5.55. The van der Waals surface area contributed by atoms with Gasteiger partial charge in [0.25, 0.3) is 5.88 Å². The molecule has 0 aliphatic carbocycles. The van der Waals surface area contributed by atoms with Crippen molar-refractivity contribution in [2.24, 2.45) is 0 Å². The van der Waals surface area contributed by atoms with Gasteiger partial charge in [-0.25, -0.2) is 0 Å². The quantitative estimate of drug-likeness (QED) is 0.774. The fourth-order valence-corrected chi connectivity index (χ4v) is 1.57. The molecule has 0 saturated carbocycles. The second-order valence-electron chi connectivity index (χ2n) is 3.95. The van der Waals surface area contributed by atoms with E-state index in [1.807, 2.05) is 0 Å². The van der Waals surface area contributed by atoms with Gasteiger partial charge >= 0.3 is 0 Å². The first-order valence-corrected chi connectivity index (χ1v) is 5.30. The van der Waals surface area contributed by atoms with E-state index in [2.05, 4.69) is 15.5 Å². The second-order valence-corrected chi connectivity index (χ2v) is 3.95. The molecule has 7 nitrogen and oxygen atoms in total. The van der Waals surface area contributed by atoms with Gasteiger partial charge in [0.1, 0.15) is 11.8 Å². The molecule has 0 aromatic carbocycles. The van der Waals surface area contributed by atoms with Gasteiger partial charge in [0, 0.05) is 20.0 Å². The number of hydrogen-bond donors (Lipinski definition) is 2. The molecule has 1 aromatic rings. The lowest BCUT2D eigenvalue weighted by atomic mass is 10.2. The van der Waals surface area contributed by atoms with E-state index in [9.17, 15) is 9.59 Å². The number of likely N-dealkylation sites (tertiary alicyclic amines) is 1. The lowest BCUT2D eigenvalue weighted by molar-refractivity contribution is -0.137. The molecule has 1 aliphatic heterocycles. The van der Waals surface area contributed by atoms with E-state index in [1.165, 1.54) is 13.8 Å². The van der Waals surface area contributed by atoms with Crippen LogP contribution in [0.4, 0.5) is 5.69 Å². The van der Waals surface area contributed by atoms with Crippen molar-refractivity contribution in [2.75, 3.05) is 18.4 Å². The third-order valence-electron chi connectivity index (χ3n) is 2.49. The molecule has 7 heteroatoms. The van der Waals surface area contributed by atoms with Crippen LogP contribution in [0.1, 0.15) is 13.8 Å². The highest BCUT2D eigenvalue weighted by Gasteiger charge is 2.31. The van der Waals surface area contributed by atoms with E-state index in [0.717, 1.165) is 0 Å². The number of carbonyl (C=O) groups excluding carboxylic acids is 2. The highest BCUT2D eigenvalue weighted by Crippen LogP contribution is 2.24. The molecule has 1 aromatic heterocycles. The van der Waals surface area contributed by atoms with Crippen LogP contribution in [-0.4, -0.2) is 46.1 Å². The smallest absolute Gasteiger partial charge is 0.257 e. The summed E-state index contributed by atoms with van der Waals surface area (Å²) in [4.78, 5) is 23.6. The van der Waals surface area contributed by atoms with Crippen molar-refractivity contribution in [1.29, 1.82) is 0 Å². The zero-order chi connectivity index (χ0) is 12.4. The van der Waals surface area contributed by atoms with Gasteiger partial charge in [-0.2, -0.15) is 0 Å². The Bertz CT molecular complexity index is 437. The number of amides is 2. The number of ether oxygens (including phenoxy) is 1. The molecule has 2 N–H and O–H groups in total. The van der Waals surface area contributed by atoms with Gasteiger partial charge in [0.2, 0.25) is 11.8 Å².